The van der Waals surface area contributed by atoms with Crippen molar-refractivity contribution in [2.45, 2.75) is 31.5 Å². The summed E-state index contributed by atoms with van der Waals surface area (Å²) in [5.74, 6) is -0.0883. The summed E-state index contributed by atoms with van der Waals surface area (Å²) in [6.45, 7) is 0.473. The van der Waals surface area contributed by atoms with Crippen LogP contribution in [0.25, 0.3) is 10.8 Å². The summed E-state index contributed by atoms with van der Waals surface area (Å²) in [5.41, 5.74) is 0.593. The van der Waals surface area contributed by atoms with Crippen LogP contribution in [0.4, 0.5) is 0 Å². The highest BCUT2D eigenvalue weighted by molar-refractivity contribution is 5.82. The molecular formula is C21H22N4O3. The van der Waals surface area contributed by atoms with Gasteiger partial charge in [-0.2, -0.15) is 0 Å². The number of amides is 1. The number of carbonyl (C=O) groups is 1. The van der Waals surface area contributed by atoms with Gasteiger partial charge in [0.2, 0.25) is 5.91 Å². The van der Waals surface area contributed by atoms with Crippen LogP contribution in [0.1, 0.15) is 24.4 Å². The van der Waals surface area contributed by atoms with Gasteiger partial charge in [-0.05, 0) is 30.5 Å². The predicted molar refractivity (Wildman–Crippen MR) is 107 cm³/mol. The first-order valence-electron chi connectivity index (χ1n) is 9.44. The van der Waals surface area contributed by atoms with E-state index in [-0.39, 0.29) is 42.2 Å². The lowest BCUT2D eigenvalue weighted by Gasteiger charge is -2.15. The van der Waals surface area contributed by atoms with E-state index in [9.17, 15) is 14.4 Å². The number of aromatic nitrogens is 2. The van der Waals surface area contributed by atoms with Crippen LogP contribution in [0.2, 0.25) is 0 Å². The van der Waals surface area contributed by atoms with E-state index >= 15 is 0 Å². The zero-order valence-electron chi connectivity index (χ0n) is 15.4. The summed E-state index contributed by atoms with van der Waals surface area (Å²) in [5, 5.41) is 9.54. The maximum absolute atomic E-state index is 12.5. The largest absolute Gasteiger partial charge is 0.353 e. The highest BCUT2D eigenvalue weighted by Crippen LogP contribution is 2.26. The first-order chi connectivity index (χ1) is 13.6. The molecule has 4 rings (SSSR count). The summed E-state index contributed by atoms with van der Waals surface area (Å²) in [4.78, 5) is 37.0. The molecule has 0 radical (unpaired) electrons. The van der Waals surface area contributed by atoms with Crippen molar-refractivity contribution in [3.05, 3.63) is 80.9 Å². The van der Waals surface area contributed by atoms with E-state index < -0.39 is 0 Å². The molecule has 0 bridgehead atoms. The predicted octanol–water partition coefficient (Wildman–Crippen LogP) is 1.30. The molecule has 1 fully saturated rings. The van der Waals surface area contributed by atoms with Crippen LogP contribution in [-0.4, -0.2) is 28.3 Å². The molecule has 144 valence electrons. The Labute approximate surface area is 161 Å². The highest BCUT2D eigenvalue weighted by Gasteiger charge is 2.29. The van der Waals surface area contributed by atoms with E-state index in [0.717, 1.165) is 12.8 Å². The van der Waals surface area contributed by atoms with Gasteiger partial charge in [0, 0.05) is 12.6 Å². The number of aromatic amines is 1. The Bertz CT molecular complexity index is 1100. The molecule has 1 aliphatic heterocycles. The van der Waals surface area contributed by atoms with Crippen molar-refractivity contribution < 1.29 is 4.79 Å². The molecule has 0 spiro atoms. The smallest absolute Gasteiger partial charge is 0.273 e. The quantitative estimate of drug-likeness (QED) is 0.624. The maximum Gasteiger partial charge on any atom is 0.273 e. The van der Waals surface area contributed by atoms with Crippen LogP contribution < -0.4 is 21.8 Å². The van der Waals surface area contributed by atoms with E-state index in [0.29, 0.717) is 10.8 Å². The monoisotopic (exact) mass is 378 g/mol. The van der Waals surface area contributed by atoms with E-state index in [1.165, 1.54) is 10.2 Å². The van der Waals surface area contributed by atoms with Crippen molar-refractivity contribution in [2.24, 2.45) is 0 Å². The van der Waals surface area contributed by atoms with Gasteiger partial charge in [0.1, 0.15) is 0 Å². The van der Waals surface area contributed by atoms with Crippen molar-refractivity contribution >= 4 is 16.7 Å². The van der Waals surface area contributed by atoms with Gasteiger partial charge < -0.3 is 5.32 Å². The minimum atomic E-state index is -0.315. The normalized spacial score (nSPS) is 19.0. The van der Waals surface area contributed by atoms with E-state index in [1.807, 2.05) is 18.2 Å². The van der Waals surface area contributed by atoms with Gasteiger partial charge in [-0.1, -0.05) is 42.5 Å². The number of nitrogens with zero attached hydrogens (tertiary/aromatic N) is 1. The summed E-state index contributed by atoms with van der Waals surface area (Å²) in [6.07, 6.45) is 1.66. The number of hydrogen-bond acceptors (Lipinski definition) is 4. The van der Waals surface area contributed by atoms with Gasteiger partial charge in [-0.25, -0.2) is 4.68 Å². The SMILES string of the molecule is O=C(NCCn1[nH]c(=O)c2ccccc2c1=O)[C@H]1CC[C@H](c2ccccc2)N1. The standard InChI is InChI=1S/C21H22N4O3/c26-19-15-8-4-5-9-16(15)21(28)25(24-19)13-12-22-20(27)18-11-10-17(23-18)14-6-2-1-3-7-14/h1-9,17-18,23H,10-13H2,(H,22,27)(H,24,26)/t17-,18-/m1/s1. The average Bonchev–Trinajstić information content (AvgIpc) is 3.23. The van der Waals surface area contributed by atoms with Crippen LogP contribution in [0.15, 0.2) is 64.2 Å². The molecule has 1 saturated heterocycles. The summed E-state index contributed by atoms with van der Waals surface area (Å²) in [6, 6.07) is 16.7. The molecule has 3 aromatic rings. The fourth-order valence-corrected chi connectivity index (χ4v) is 3.72. The Hall–Kier alpha value is -3.19. The van der Waals surface area contributed by atoms with Crippen LogP contribution in [0.5, 0.6) is 0 Å². The molecule has 2 atom stereocenters. The second-order valence-electron chi connectivity index (χ2n) is 6.99. The Morgan fingerprint density at radius 3 is 2.50 bits per heavy atom. The van der Waals surface area contributed by atoms with Crippen LogP contribution in [0.3, 0.4) is 0 Å². The molecular weight excluding hydrogens is 356 g/mol. The molecule has 7 nitrogen and oxygen atoms in total. The molecule has 2 aromatic carbocycles. The van der Waals surface area contributed by atoms with Crippen LogP contribution in [-0.2, 0) is 11.3 Å². The van der Waals surface area contributed by atoms with Gasteiger partial charge in [-0.3, -0.25) is 24.8 Å². The molecule has 28 heavy (non-hydrogen) atoms. The molecule has 1 aromatic heterocycles. The first-order valence-corrected chi connectivity index (χ1v) is 9.44. The van der Waals surface area contributed by atoms with Crippen molar-refractivity contribution in [2.75, 3.05) is 6.54 Å². The first kappa shape index (κ1) is 18.2. The van der Waals surface area contributed by atoms with E-state index in [1.54, 1.807) is 24.3 Å². The third kappa shape index (κ3) is 3.61. The van der Waals surface area contributed by atoms with E-state index in [4.69, 9.17) is 0 Å². The number of H-pyrrole nitrogens is 1. The van der Waals surface area contributed by atoms with Gasteiger partial charge in [0.25, 0.3) is 11.1 Å². The summed E-state index contributed by atoms with van der Waals surface area (Å²) >= 11 is 0. The number of carbonyl (C=O) groups excluding carboxylic acids is 1. The topological polar surface area (TPSA) is 96.0 Å². The second kappa shape index (κ2) is 7.82. The van der Waals surface area contributed by atoms with Crippen LogP contribution in [0, 0.1) is 0 Å². The van der Waals surface area contributed by atoms with Crippen molar-refractivity contribution in [3.8, 4) is 0 Å². The number of benzene rings is 2. The lowest BCUT2D eigenvalue weighted by atomic mass is 10.1. The Kier molecular flexibility index (Phi) is 5.08. The maximum atomic E-state index is 12.5. The summed E-state index contributed by atoms with van der Waals surface area (Å²) in [7, 11) is 0. The molecule has 0 aliphatic carbocycles. The average molecular weight is 378 g/mol. The van der Waals surface area contributed by atoms with Gasteiger partial charge in [0.15, 0.2) is 0 Å². The molecule has 7 heteroatoms. The van der Waals surface area contributed by atoms with Crippen molar-refractivity contribution in [1.82, 2.24) is 20.4 Å². The Balaban J connectivity index is 1.36. The third-order valence-corrected chi connectivity index (χ3v) is 5.18. The lowest BCUT2D eigenvalue weighted by molar-refractivity contribution is -0.122. The Morgan fingerprint density at radius 1 is 1.00 bits per heavy atom. The Morgan fingerprint density at radius 2 is 1.71 bits per heavy atom. The van der Waals surface area contributed by atoms with Gasteiger partial charge in [-0.15, -0.1) is 0 Å². The number of fused-ring (bicyclic) bond motifs is 1. The van der Waals surface area contributed by atoms with E-state index in [2.05, 4.69) is 27.9 Å². The fraction of sp³-hybridized carbons (Fsp3) is 0.286. The van der Waals surface area contributed by atoms with Crippen LogP contribution >= 0.6 is 0 Å². The minimum absolute atomic E-state index is 0.0883. The van der Waals surface area contributed by atoms with Crippen molar-refractivity contribution in [3.63, 3.8) is 0 Å². The molecule has 0 saturated carbocycles. The fourth-order valence-electron chi connectivity index (χ4n) is 3.72. The molecule has 1 aliphatic rings. The number of hydrogen-bond donors (Lipinski definition) is 3. The number of nitrogens with one attached hydrogen (secondary N) is 3. The van der Waals surface area contributed by atoms with Gasteiger partial charge in [0.05, 0.1) is 23.4 Å². The molecule has 2 heterocycles. The third-order valence-electron chi connectivity index (χ3n) is 5.18. The molecule has 3 N–H and O–H groups in total. The zero-order chi connectivity index (χ0) is 19.5. The molecule has 0 unspecified atom stereocenters. The highest BCUT2D eigenvalue weighted by atomic mass is 16.2. The number of rotatable bonds is 5. The second-order valence-corrected chi connectivity index (χ2v) is 6.99. The minimum Gasteiger partial charge on any atom is -0.353 e. The van der Waals surface area contributed by atoms with Gasteiger partial charge >= 0.3 is 0 Å². The van der Waals surface area contributed by atoms with Crippen molar-refractivity contribution in [1.29, 1.82) is 0 Å². The lowest BCUT2D eigenvalue weighted by Crippen LogP contribution is -2.43. The molecule has 1 amide bonds. The summed E-state index contributed by atoms with van der Waals surface area (Å²) < 4.78 is 1.25. The zero-order valence-corrected chi connectivity index (χ0v) is 15.4.